The van der Waals surface area contributed by atoms with Crippen LogP contribution in [0.3, 0.4) is 0 Å². The van der Waals surface area contributed by atoms with Gasteiger partial charge in [0.2, 0.25) is 5.91 Å². The molecule has 3 rings (SSSR count). The summed E-state index contributed by atoms with van der Waals surface area (Å²) in [6.07, 6.45) is 8.10. The summed E-state index contributed by atoms with van der Waals surface area (Å²) in [4.78, 5) is 29.4. The van der Waals surface area contributed by atoms with Crippen molar-refractivity contribution < 1.29 is 4.79 Å². The van der Waals surface area contributed by atoms with Crippen LogP contribution in [0.15, 0.2) is 23.1 Å². The first-order valence-corrected chi connectivity index (χ1v) is 8.56. The van der Waals surface area contributed by atoms with E-state index in [1.54, 1.807) is 23.0 Å². The first kappa shape index (κ1) is 16.5. The van der Waals surface area contributed by atoms with Crippen LogP contribution in [0.4, 0.5) is 0 Å². The van der Waals surface area contributed by atoms with Crippen molar-refractivity contribution in [2.75, 3.05) is 6.54 Å². The molecule has 0 radical (unpaired) electrons. The molecule has 0 spiro atoms. The van der Waals surface area contributed by atoms with Gasteiger partial charge in [0.25, 0.3) is 5.56 Å². The summed E-state index contributed by atoms with van der Waals surface area (Å²) in [5, 5.41) is 5.17. The second-order valence-electron chi connectivity index (χ2n) is 6.75. The minimum atomic E-state index is -0.208. The number of hydrogen-bond donors (Lipinski definition) is 1. The molecule has 3 heterocycles. The van der Waals surface area contributed by atoms with Crippen LogP contribution >= 0.6 is 0 Å². The normalized spacial score (nSPS) is 18.8. The minimum absolute atomic E-state index is 0.0282. The molecule has 1 saturated heterocycles. The summed E-state index contributed by atoms with van der Waals surface area (Å²) in [5.41, 5.74) is 0.979. The van der Waals surface area contributed by atoms with Gasteiger partial charge in [0.15, 0.2) is 0 Å². The molecule has 24 heavy (non-hydrogen) atoms. The highest BCUT2D eigenvalue weighted by molar-refractivity contribution is 5.92. The Morgan fingerprint density at radius 2 is 2.21 bits per heavy atom. The van der Waals surface area contributed by atoms with Gasteiger partial charge in [-0.15, -0.1) is 0 Å². The van der Waals surface area contributed by atoms with Gasteiger partial charge in [-0.25, -0.2) is 4.68 Å². The Bertz CT molecular complexity index is 831. The zero-order valence-electron chi connectivity index (χ0n) is 14.5. The van der Waals surface area contributed by atoms with Crippen molar-refractivity contribution in [3.63, 3.8) is 0 Å². The maximum Gasteiger partial charge on any atom is 0.256 e. The average Bonchev–Trinajstić information content (AvgIpc) is 2.95. The third-order valence-electron chi connectivity index (χ3n) is 4.61. The number of carbonyl (C=O) groups excluding carboxylic acids is 1. The largest absolute Gasteiger partial charge is 0.336 e. The van der Waals surface area contributed by atoms with Gasteiger partial charge in [-0.05, 0) is 52.2 Å². The second-order valence-corrected chi connectivity index (χ2v) is 6.75. The van der Waals surface area contributed by atoms with Gasteiger partial charge in [-0.3, -0.25) is 9.59 Å². The van der Waals surface area contributed by atoms with Crippen LogP contribution < -0.4 is 5.56 Å². The van der Waals surface area contributed by atoms with Crippen molar-refractivity contribution >= 4 is 23.0 Å². The van der Waals surface area contributed by atoms with E-state index in [1.807, 2.05) is 18.7 Å². The van der Waals surface area contributed by atoms with E-state index in [-0.39, 0.29) is 23.6 Å². The molecule has 6 nitrogen and oxygen atoms in total. The number of aromatic amines is 1. The molecular formula is C18H24N4O2. The fourth-order valence-electron chi connectivity index (χ4n) is 3.22. The standard InChI is InChI=1S/C18H24N4O2/c1-12(2)22-17-15(11-19-22)10-14(18(24)20-17)7-8-16(23)21-9-5-4-6-13(21)3/h7-8,10-13H,4-6,9H2,1-3H3,(H,20,24)/b8-7+. The monoisotopic (exact) mass is 328 g/mol. The van der Waals surface area contributed by atoms with E-state index in [9.17, 15) is 9.59 Å². The molecule has 1 amide bonds. The molecule has 2 aromatic heterocycles. The number of amides is 1. The van der Waals surface area contributed by atoms with Gasteiger partial charge in [0.05, 0.1) is 6.20 Å². The molecule has 1 fully saturated rings. The zero-order chi connectivity index (χ0) is 17.3. The van der Waals surface area contributed by atoms with Crippen molar-refractivity contribution in [3.8, 4) is 0 Å². The topological polar surface area (TPSA) is 71.0 Å². The highest BCUT2D eigenvalue weighted by Crippen LogP contribution is 2.18. The second kappa shape index (κ2) is 6.63. The van der Waals surface area contributed by atoms with Gasteiger partial charge in [-0.1, -0.05) is 0 Å². The molecule has 1 aliphatic rings. The number of nitrogens with zero attached hydrogens (tertiary/aromatic N) is 3. The quantitative estimate of drug-likeness (QED) is 0.881. The molecule has 1 unspecified atom stereocenters. The highest BCUT2D eigenvalue weighted by atomic mass is 16.2. The summed E-state index contributed by atoms with van der Waals surface area (Å²) < 4.78 is 1.78. The summed E-state index contributed by atoms with van der Waals surface area (Å²) in [5.74, 6) is -0.0282. The maximum atomic E-state index is 12.4. The molecular weight excluding hydrogens is 304 g/mol. The number of piperidine rings is 1. The SMILES string of the molecule is CC1CCCCN1C(=O)/C=C/c1cc2cnn(C(C)C)c2[nH]c1=O. The van der Waals surface area contributed by atoms with E-state index in [2.05, 4.69) is 17.0 Å². The minimum Gasteiger partial charge on any atom is -0.336 e. The van der Waals surface area contributed by atoms with E-state index < -0.39 is 0 Å². The predicted molar refractivity (Wildman–Crippen MR) is 94.8 cm³/mol. The van der Waals surface area contributed by atoms with Crippen molar-refractivity contribution in [2.24, 2.45) is 0 Å². The number of likely N-dealkylation sites (tertiary alicyclic amines) is 1. The van der Waals surface area contributed by atoms with Crippen LogP contribution in [0.2, 0.25) is 0 Å². The van der Waals surface area contributed by atoms with E-state index in [0.717, 1.165) is 24.8 Å². The molecule has 2 aromatic rings. The zero-order valence-corrected chi connectivity index (χ0v) is 14.5. The Hall–Kier alpha value is -2.37. The number of rotatable bonds is 3. The first-order chi connectivity index (χ1) is 11.5. The molecule has 0 aromatic carbocycles. The van der Waals surface area contributed by atoms with Gasteiger partial charge < -0.3 is 9.88 Å². The Labute approximate surface area is 141 Å². The lowest BCUT2D eigenvalue weighted by Crippen LogP contribution is -2.41. The number of aromatic nitrogens is 3. The Balaban J connectivity index is 1.86. The average molecular weight is 328 g/mol. The Kier molecular flexibility index (Phi) is 4.55. The molecule has 128 valence electrons. The number of fused-ring (bicyclic) bond motifs is 1. The van der Waals surface area contributed by atoms with Crippen LogP contribution in [0.1, 0.15) is 51.6 Å². The molecule has 0 bridgehead atoms. The smallest absolute Gasteiger partial charge is 0.256 e. The van der Waals surface area contributed by atoms with E-state index in [0.29, 0.717) is 11.2 Å². The van der Waals surface area contributed by atoms with Gasteiger partial charge in [0.1, 0.15) is 5.65 Å². The maximum absolute atomic E-state index is 12.4. The summed E-state index contributed by atoms with van der Waals surface area (Å²) in [6.45, 7) is 6.89. The van der Waals surface area contributed by atoms with Crippen molar-refractivity contribution in [1.82, 2.24) is 19.7 Å². The number of hydrogen-bond acceptors (Lipinski definition) is 3. The molecule has 1 aliphatic heterocycles. The van der Waals surface area contributed by atoms with Crippen molar-refractivity contribution in [3.05, 3.63) is 34.3 Å². The number of carbonyl (C=O) groups is 1. The third kappa shape index (κ3) is 3.13. The van der Waals surface area contributed by atoms with Gasteiger partial charge >= 0.3 is 0 Å². The first-order valence-electron chi connectivity index (χ1n) is 8.56. The summed E-state index contributed by atoms with van der Waals surface area (Å²) in [7, 11) is 0. The van der Waals surface area contributed by atoms with E-state index >= 15 is 0 Å². The summed E-state index contributed by atoms with van der Waals surface area (Å²) >= 11 is 0. The van der Waals surface area contributed by atoms with Crippen molar-refractivity contribution in [1.29, 1.82) is 0 Å². The number of H-pyrrole nitrogens is 1. The molecule has 0 saturated carbocycles. The lowest BCUT2D eigenvalue weighted by molar-refractivity contribution is -0.129. The van der Waals surface area contributed by atoms with Gasteiger partial charge in [0, 0.05) is 35.7 Å². The van der Waals surface area contributed by atoms with Crippen molar-refractivity contribution in [2.45, 2.75) is 52.1 Å². The van der Waals surface area contributed by atoms with Crippen LogP contribution in [0.5, 0.6) is 0 Å². The van der Waals surface area contributed by atoms with Crippen LogP contribution in [0, 0.1) is 0 Å². The fourth-order valence-corrected chi connectivity index (χ4v) is 3.22. The van der Waals surface area contributed by atoms with E-state index in [1.165, 1.54) is 12.5 Å². The number of nitrogens with one attached hydrogen (secondary N) is 1. The highest BCUT2D eigenvalue weighted by Gasteiger charge is 2.21. The predicted octanol–water partition coefficient (Wildman–Crippen LogP) is 2.72. The molecule has 0 aliphatic carbocycles. The lowest BCUT2D eigenvalue weighted by Gasteiger charge is -2.32. The fraction of sp³-hybridized carbons (Fsp3) is 0.500. The van der Waals surface area contributed by atoms with Gasteiger partial charge in [-0.2, -0.15) is 5.10 Å². The van der Waals surface area contributed by atoms with E-state index in [4.69, 9.17) is 0 Å². The molecule has 1 atom stereocenters. The third-order valence-corrected chi connectivity index (χ3v) is 4.61. The van der Waals surface area contributed by atoms with Crippen LogP contribution in [-0.4, -0.2) is 38.2 Å². The number of pyridine rings is 1. The van der Waals surface area contributed by atoms with Crippen LogP contribution in [-0.2, 0) is 4.79 Å². The van der Waals surface area contributed by atoms with Crippen LogP contribution in [0.25, 0.3) is 17.1 Å². The summed E-state index contributed by atoms with van der Waals surface area (Å²) in [6, 6.07) is 2.21. The Morgan fingerprint density at radius 3 is 2.92 bits per heavy atom. The molecule has 6 heteroatoms. The Morgan fingerprint density at radius 1 is 1.42 bits per heavy atom. The lowest BCUT2D eigenvalue weighted by atomic mass is 10.0. The molecule has 1 N–H and O–H groups in total.